The van der Waals surface area contributed by atoms with E-state index in [1.54, 1.807) is 24.3 Å². The molecule has 0 unspecified atom stereocenters. The third-order valence-corrected chi connectivity index (χ3v) is 10.3. The fraction of sp³-hybridized carbons (Fsp3) is 0.538. The standard InChI is InChI=1S/C26H37N3O6S2/c1-3-4-6-21-8-10-23(11-9-21)37(32,33)29-16-14-28(15-17-29)25-19-24(12-13-26(25)34-2)36(30,31)27-20-22-7-5-18-35-22/h8-13,19,22,27H,3-7,14-18,20H2,1-2H3/t22-/m0/s1. The molecule has 2 fully saturated rings. The van der Waals surface area contributed by atoms with Crippen LogP contribution in [-0.2, 0) is 31.2 Å². The molecule has 11 heteroatoms. The van der Waals surface area contributed by atoms with Crippen LogP contribution in [0.25, 0.3) is 0 Å². The molecule has 2 aromatic rings. The highest BCUT2D eigenvalue weighted by molar-refractivity contribution is 7.89. The van der Waals surface area contributed by atoms with Crippen molar-refractivity contribution in [1.82, 2.24) is 9.03 Å². The van der Waals surface area contributed by atoms with Gasteiger partial charge in [-0.2, -0.15) is 4.31 Å². The van der Waals surface area contributed by atoms with Crippen molar-refractivity contribution in [1.29, 1.82) is 0 Å². The van der Waals surface area contributed by atoms with Crippen molar-refractivity contribution in [3.8, 4) is 5.75 Å². The van der Waals surface area contributed by atoms with Gasteiger partial charge in [-0.15, -0.1) is 0 Å². The molecule has 4 rings (SSSR count). The van der Waals surface area contributed by atoms with Gasteiger partial charge in [0.1, 0.15) is 5.75 Å². The van der Waals surface area contributed by atoms with Crippen molar-refractivity contribution in [2.24, 2.45) is 0 Å². The summed E-state index contributed by atoms with van der Waals surface area (Å²) in [5.74, 6) is 0.539. The molecule has 1 N–H and O–H groups in total. The molecule has 2 saturated heterocycles. The zero-order valence-corrected chi connectivity index (χ0v) is 23.2. The molecule has 2 heterocycles. The van der Waals surface area contributed by atoms with Gasteiger partial charge in [-0.25, -0.2) is 21.6 Å². The summed E-state index contributed by atoms with van der Waals surface area (Å²) in [6, 6.07) is 11.9. The van der Waals surface area contributed by atoms with Crippen molar-refractivity contribution in [3.05, 3.63) is 48.0 Å². The van der Waals surface area contributed by atoms with Crippen LogP contribution in [0, 0.1) is 0 Å². The van der Waals surface area contributed by atoms with Crippen LogP contribution in [0.4, 0.5) is 5.69 Å². The van der Waals surface area contributed by atoms with Crippen LogP contribution >= 0.6 is 0 Å². The highest BCUT2D eigenvalue weighted by Gasteiger charge is 2.30. The Hall–Kier alpha value is -2.18. The van der Waals surface area contributed by atoms with Crippen LogP contribution in [0.1, 0.15) is 38.2 Å². The number of hydrogen-bond acceptors (Lipinski definition) is 7. The first-order valence-corrected chi connectivity index (χ1v) is 15.8. The third kappa shape index (κ3) is 6.64. The summed E-state index contributed by atoms with van der Waals surface area (Å²) < 4.78 is 67.5. The van der Waals surface area contributed by atoms with Gasteiger partial charge in [0.15, 0.2) is 0 Å². The third-order valence-electron chi connectivity index (χ3n) is 6.95. The maximum atomic E-state index is 13.2. The number of methoxy groups -OCH3 is 1. The predicted molar refractivity (Wildman–Crippen MR) is 143 cm³/mol. The lowest BCUT2D eigenvalue weighted by Gasteiger charge is -2.36. The molecule has 37 heavy (non-hydrogen) atoms. The van der Waals surface area contributed by atoms with Gasteiger partial charge in [0.05, 0.1) is 28.7 Å². The molecular formula is C26H37N3O6S2. The summed E-state index contributed by atoms with van der Waals surface area (Å²) >= 11 is 0. The minimum absolute atomic E-state index is 0.102. The minimum Gasteiger partial charge on any atom is -0.495 e. The summed E-state index contributed by atoms with van der Waals surface area (Å²) in [6.07, 6.45) is 4.78. The van der Waals surface area contributed by atoms with E-state index in [0.29, 0.717) is 36.0 Å². The molecule has 2 aliphatic heterocycles. The Morgan fingerprint density at radius 2 is 1.70 bits per heavy atom. The normalized spacial score (nSPS) is 19.3. The molecule has 0 aliphatic carbocycles. The zero-order chi connectivity index (χ0) is 26.5. The molecule has 0 amide bonds. The fourth-order valence-electron chi connectivity index (χ4n) is 4.70. The number of nitrogens with zero attached hydrogens (tertiary/aromatic N) is 2. The van der Waals surface area contributed by atoms with E-state index in [1.807, 2.05) is 17.0 Å². The quantitative estimate of drug-likeness (QED) is 0.458. The highest BCUT2D eigenvalue weighted by atomic mass is 32.2. The van der Waals surface area contributed by atoms with Crippen LogP contribution in [0.3, 0.4) is 0 Å². The summed E-state index contributed by atoms with van der Waals surface area (Å²) in [5.41, 5.74) is 1.76. The molecule has 0 radical (unpaired) electrons. The number of ether oxygens (including phenoxy) is 2. The SMILES string of the molecule is CCCCc1ccc(S(=O)(=O)N2CCN(c3cc(S(=O)(=O)NC[C@@H]4CCCO4)ccc3OC)CC2)cc1. The van der Waals surface area contributed by atoms with E-state index >= 15 is 0 Å². The van der Waals surface area contributed by atoms with Crippen LogP contribution in [0.15, 0.2) is 52.3 Å². The number of anilines is 1. The first-order valence-electron chi connectivity index (χ1n) is 12.9. The largest absolute Gasteiger partial charge is 0.495 e. The van der Waals surface area contributed by atoms with Crippen molar-refractivity contribution in [3.63, 3.8) is 0 Å². The maximum Gasteiger partial charge on any atom is 0.243 e. The van der Waals surface area contributed by atoms with E-state index in [9.17, 15) is 16.8 Å². The van der Waals surface area contributed by atoms with Crippen LogP contribution in [0.5, 0.6) is 5.75 Å². The second-order valence-corrected chi connectivity index (χ2v) is 13.2. The van der Waals surface area contributed by atoms with Crippen LogP contribution < -0.4 is 14.4 Å². The maximum absolute atomic E-state index is 13.2. The average Bonchev–Trinajstić information content (AvgIpc) is 3.45. The highest BCUT2D eigenvalue weighted by Crippen LogP contribution is 2.32. The summed E-state index contributed by atoms with van der Waals surface area (Å²) in [6.45, 7) is 4.43. The number of nitrogens with one attached hydrogen (secondary N) is 1. The van der Waals surface area contributed by atoms with Crippen molar-refractivity contribution >= 4 is 25.7 Å². The van der Waals surface area contributed by atoms with E-state index in [1.165, 1.54) is 17.5 Å². The molecule has 1 atom stereocenters. The lowest BCUT2D eigenvalue weighted by Crippen LogP contribution is -2.48. The van der Waals surface area contributed by atoms with Gasteiger partial charge < -0.3 is 14.4 Å². The Morgan fingerprint density at radius 1 is 1.00 bits per heavy atom. The first-order chi connectivity index (χ1) is 17.7. The van der Waals surface area contributed by atoms with Gasteiger partial charge in [0.2, 0.25) is 20.0 Å². The molecule has 0 spiro atoms. The zero-order valence-electron chi connectivity index (χ0n) is 21.6. The number of rotatable bonds is 11. The molecule has 0 saturated carbocycles. The van der Waals surface area contributed by atoms with E-state index < -0.39 is 20.0 Å². The Morgan fingerprint density at radius 3 is 2.32 bits per heavy atom. The summed E-state index contributed by atoms with van der Waals surface area (Å²) in [5, 5.41) is 0. The molecular weight excluding hydrogens is 514 g/mol. The molecule has 0 aromatic heterocycles. The summed E-state index contributed by atoms with van der Waals surface area (Å²) in [4.78, 5) is 2.40. The minimum atomic E-state index is -3.73. The van der Waals surface area contributed by atoms with Crippen molar-refractivity contribution < 1.29 is 26.3 Å². The van der Waals surface area contributed by atoms with Gasteiger partial charge in [0, 0.05) is 39.3 Å². The first kappa shape index (κ1) is 27.8. The molecule has 0 bridgehead atoms. The van der Waals surface area contributed by atoms with Crippen LogP contribution in [0.2, 0.25) is 0 Å². The molecule has 9 nitrogen and oxygen atoms in total. The van der Waals surface area contributed by atoms with Crippen molar-refractivity contribution in [2.75, 3.05) is 51.3 Å². The summed E-state index contributed by atoms with van der Waals surface area (Å²) in [7, 11) is -5.81. The monoisotopic (exact) mass is 551 g/mol. The average molecular weight is 552 g/mol. The van der Waals surface area contributed by atoms with Crippen molar-refractivity contribution in [2.45, 2.75) is 54.9 Å². The van der Waals surface area contributed by atoms with Gasteiger partial charge in [-0.1, -0.05) is 25.5 Å². The molecule has 204 valence electrons. The van der Waals surface area contributed by atoms with Gasteiger partial charge in [-0.05, 0) is 61.6 Å². The smallest absolute Gasteiger partial charge is 0.243 e. The van der Waals surface area contributed by atoms with E-state index in [2.05, 4.69) is 11.6 Å². The van der Waals surface area contributed by atoms with Gasteiger partial charge in [-0.3, -0.25) is 0 Å². The number of sulfonamides is 2. The second kappa shape index (κ2) is 12.1. The van der Waals surface area contributed by atoms with E-state index in [-0.39, 0.29) is 30.6 Å². The Labute approximate surface area is 220 Å². The van der Waals surface area contributed by atoms with E-state index in [4.69, 9.17) is 9.47 Å². The molecule has 2 aromatic carbocycles. The lowest BCUT2D eigenvalue weighted by molar-refractivity contribution is 0.114. The number of unbranched alkanes of at least 4 members (excludes halogenated alkanes) is 1. The Kier molecular flexibility index (Phi) is 9.12. The Bertz CT molecular complexity index is 1250. The lowest BCUT2D eigenvalue weighted by atomic mass is 10.1. The van der Waals surface area contributed by atoms with Gasteiger partial charge in [0.25, 0.3) is 0 Å². The topological polar surface area (TPSA) is 105 Å². The van der Waals surface area contributed by atoms with Gasteiger partial charge >= 0.3 is 0 Å². The Balaban J connectivity index is 1.44. The van der Waals surface area contributed by atoms with E-state index in [0.717, 1.165) is 37.7 Å². The number of piperazine rings is 1. The molecule has 2 aliphatic rings. The predicted octanol–water partition coefficient (Wildman–Crippen LogP) is 3.01. The van der Waals surface area contributed by atoms with Crippen LogP contribution in [-0.4, -0.2) is 73.7 Å². The second-order valence-electron chi connectivity index (χ2n) is 9.46. The number of hydrogen-bond donors (Lipinski definition) is 1. The fourth-order valence-corrected chi connectivity index (χ4v) is 7.21. The number of benzene rings is 2. The number of aryl methyl sites for hydroxylation is 1.